The van der Waals surface area contributed by atoms with E-state index in [4.69, 9.17) is 0 Å². The van der Waals surface area contributed by atoms with E-state index in [0.29, 0.717) is 6.54 Å². The Morgan fingerprint density at radius 1 is 1.37 bits per heavy atom. The van der Waals surface area contributed by atoms with Crippen molar-refractivity contribution in [1.82, 2.24) is 10.6 Å². The van der Waals surface area contributed by atoms with Gasteiger partial charge in [-0.05, 0) is 35.0 Å². The molecule has 1 aliphatic heterocycles. The van der Waals surface area contributed by atoms with Crippen molar-refractivity contribution in [3.63, 3.8) is 0 Å². The maximum absolute atomic E-state index is 12.0. The Kier molecular flexibility index (Phi) is 3.18. The van der Waals surface area contributed by atoms with Crippen LogP contribution in [0.5, 0.6) is 0 Å². The van der Waals surface area contributed by atoms with Gasteiger partial charge in [0.1, 0.15) is 6.04 Å². The molecule has 1 fully saturated rings. The standard InChI is InChI=1S/C13H13N3O2S/c17-12-7-14-10(6-15-12)13(18)16-9-1-2-11-8(5-9)3-4-19-11/h1-5,10,14H,6-7H2,(H,15,17)(H,16,18). The molecule has 2 heterocycles. The summed E-state index contributed by atoms with van der Waals surface area (Å²) in [5.74, 6) is -0.210. The number of amides is 2. The van der Waals surface area contributed by atoms with Gasteiger partial charge in [-0.15, -0.1) is 11.3 Å². The minimum absolute atomic E-state index is 0.0799. The molecule has 3 rings (SSSR count). The van der Waals surface area contributed by atoms with Crippen LogP contribution in [0.2, 0.25) is 0 Å². The number of rotatable bonds is 2. The van der Waals surface area contributed by atoms with Gasteiger partial charge in [0, 0.05) is 16.9 Å². The van der Waals surface area contributed by atoms with Gasteiger partial charge in [0.05, 0.1) is 6.54 Å². The molecule has 98 valence electrons. The summed E-state index contributed by atoms with van der Waals surface area (Å²) < 4.78 is 1.20. The summed E-state index contributed by atoms with van der Waals surface area (Å²) in [6, 6.07) is 7.47. The third-order valence-corrected chi connectivity index (χ3v) is 3.95. The van der Waals surface area contributed by atoms with Gasteiger partial charge in [-0.3, -0.25) is 14.9 Å². The highest BCUT2D eigenvalue weighted by molar-refractivity contribution is 7.17. The number of piperazine rings is 1. The average Bonchev–Trinajstić information content (AvgIpc) is 2.87. The summed E-state index contributed by atoms with van der Waals surface area (Å²) in [6.45, 7) is 0.507. The molecule has 2 amide bonds. The summed E-state index contributed by atoms with van der Waals surface area (Å²) in [5, 5.41) is 11.6. The lowest BCUT2D eigenvalue weighted by Crippen LogP contribution is -2.56. The normalized spacial score (nSPS) is 19.2. The van der Waals surface area contributed by atoms with Crippen LogP contribution in [-0.4, -0.2) is 30.9 Å². The molecule has 0 bridgehead atoms. The lowest BCUT2D eigenvalue weighted by Gasteiger charge is -2.23. The van der Waals surface area contributed by atoms with Gasteiger partial charge in [-0.1, -0.05) is 0 Å². The van der Waals surface area contributed by atoms with E-state index in [1.54, 1.807) is 11.3 Å². The molecular weight excluding hydrogens is 262 g/mol. The zero-order valence-electron chi connectivity index (χ0n) is 10.1. The molecule has 1 saturated heterocycles. The van der Waals surface area contributed by atoms with Crippen LogP contribution in [0.4, 0.5) is 5.69 Å². The number of carbonyl (C=O) groups excluding carboxylic acids is 2. The van der Waals surface area contributed by atoms with Crippen LogP contribution in [0, 0.1) is 0 Å². The van der Waals surface area contributed by atoms with Crippen LogP contribution in [0.15, 0.2) is 29.6 Å². The Bertz CT molecular complexity index is 628. The number of benzene rings is 1. The molecule has 1 unspecified atom stereocenters. The smallest absolute Gasteiger partial charge is 0.243 e. The first-order valence-electron chi connectivity index (χ1n) is 6.00. The molecule has 0 aliphatic carbocycles. The van der Waals surface area contributed by atoms with Crippen molar-refractivity contribution in [2.45, 2.75) is 6.04 Å². The molecule has 3 N–H and O–H groups in total. The summed E-state index contributed by atoms with van der Waals surface area (Å²) >= 11 is 1.67. The van der Waals surface area contributed by atoms with Crippen molar-refractivity contribution in [3.05, 3.63) is 29.6 Å². The Morgan fingerprint density at radius 3 is 3.05 bits per heavy atom. The van der Waals surface area contributed by atoms with Crippen LogP contribution >= 0.6 is 11.3 Å². The second-order valence-corrected chi connectivity index (χ2v) is 5.35. The fourth-order valence-electron chi connectivity index (χ4n) is 2.03. The fraction of sp³-hybridized carbons (Fsp3) is 0.231. The summed E-state index contributed by atoms with van der Waals surface area (Å²) in [6.07, 6.45) is 0. The molecule has 19 heavy (non-hydrogen) atoms. The van der Waals surface area contributed by atoms with Gasteiger partial charge in [0.25, 0.3) is 0 Å². The summed E-state index contributed by atoms with van der Waals surface area (Å²) in [4.78, 5) is 23.0. The first-order chi connectivity index (χ1) is 9.22. The number of anilines is 1. The molecule has 0 spiro atoms. The van der Waals surface area contributed by atoms with Crippen LogP contribution < -0.4 is 16.0 Å². The topological polar surface area (TPSA) is 70.2 Å². The molecule has 1 atom stereocenters. The van der Waals surface area contributed by atoms with Crippen molar-refractivity contribution in [1.29, 1.82) is 0 Å². The molecule has 1 aliphatic rings. The third kappa shape index (κ3) is 2.59. The molecule has 0 saturated carbocycles. The van der Waals surface area contributed by atoms with Gasteiger partial charge in [0.15, 0.2) is 0 Å². The van der Waals surface area contributed by atoms with Crippen LogP contribution in [-0.2, 0) is 9.59 Å². The quantitative estimate of drug-likeness (QED) is 0.763. The first kappa shape index (κ1) is 12.1. The van der Waals surface area contributed by atoms with Crippen molar-refractivity contribution in [2.75, 3.05) is 18.4 Å². The Balaban J connectivity index is 1.70. The van der Waals surface area contributed by atoms with Crippen LogP contribution in [0.3, 0.4) is 0 Å². The minimum Gasteiger partial charge on any atom is -0.353 e. The Hall–Kier alpha value is -1.92. The maximum atomic E-state index is 12.0. The number of hydrogen-bond donors (Lipinski definition) is 3. The van der Waals surface area contributed by atoms with Crippen LogP contribution in [0.1, 0.15) is 0 Å². The Labute approximate surface area is 114 Å². The van der Waals surface area contributed by atoms with E-state index in [1.807, 2.05) is 29.6 Å². The fourth-order valence-corrected chi connectivity index (χ4v) is 2.80. The molecule has 0 radical (unpaired) electrons. The van der Waals surface area contributed by atoms with Crippen molar-refractivity contribution < 1.29 is 9.59 Å². The minimum atomic E-state index is -0.379. The van der Waals surface area contributed by atoms with Gasteiger partial charge in [-0.2, -0.15) is 0 Å². The Morgan fingerprint density at radius 2 is 2.26 bits per heavy atom. The SMILES string of the molecule is O=C1CNC(C(=O)Nc2ccc3sccc3c2)CN1. The predicted molar refractivity (Wildman–Crippen MR) is 75.3 cm³/mol. The molecule has 1 aromatic heterocycles. The third-order valence-electron chi connectivity index (χ3n) is 3.05. The summed E-state index contributed by atoms with van der Waals surface area (Å²) in [5.41, 5.74) is 0.773. The first-order valence-corrected chi connectivity index (χ1v) is 6.88. The van der Waals surface area contributed by atoms with E-state index in [0.717, 1.165) is 11.1 Å². The van der Waals surface area contributed by atoms with Crippen molar-refractivity contribution in [2.24, 2.45) is 0 Å². The molecule has 2 aromatic rings. The largest absolute Gasteiger partial charge is 0.353 e. The molecule has 5 nitrogen and oxygen atoms in total. The van der Waals surface area contributed by atoms with Gasteiger partial charge in [0.2, 0.25) is 11.8 Å². The number of hydrogen-bond acceptors (Lipinski definition) is 4. The average molecular weight is 275 g/mol. The predicted octanol–water partition coefficient (Wildman–Crippen LogP) is 0.928. The monoisotopic (exact) mass is 275 g/mol. The second kappa shape index (κ2) is 4.99. The van der Waals surface area contributed by atoms with E-state index in [-0.39, 0.29) is 24.4 Å². The van der Waals surface area contributed by atoms with Crippen molar-refractivity contribution in [3.8, 4) is 0 Å². The zero-order valence-corrected chi connectivity index (χ0v) is 10.9. The van der Waals surface area contributed by atoms with Gasteiger partial charge < -0.3 is 10.6 Å². The molecular formula is C13H13N3O2S. The highest BCUT2D eigenvalue weighted by Crippen LogP contribution is 2.24. The molecule has 1 aromatic carbocycles. The van der Waals surface area contributed by atoms with E-state index < -0.39 is 0 Å². The summed E-state index contributed by atoms with van der Waals surface area (Å²) in [7, 11) is 0. The molecule has 6 heteroatoms. The van der Waals surface area contributed by atoms with Gasteiger partial charge >= 0.3 is 0 Å². The number of carbonyl (C=O) groups is 2. The lowest BCUT2D eigenvalue weighted by atomic mass is 10.2. The number of fused-ring (bicyclic) bond motifs is 1. The van der Waals surface area contributed by atoms with E-state index >= 15 is 0 Å². The van der Waals surface area contributed by atoms with E-state index in [9.17, 15) is 9.59 Å². The van der Waals surface area contributed by atoms with Crippen LogP contribution in [0.25, 0.3) is 10.1 Å². The van der Waals surface area contributed by atoms with E-state index in [2.05, 4.69) is 16.0 Å². The highest BCUT2D eigenvalue weighted by Gasteiger charge is 2.23. The van der Waals surface area contributed by atoms with Gasteiger partial charge in [-0.25, -0.2) is 0 Å². The van der Waals surface area contributed by atoms with Crippen molar-refractivity contribution >= 4 is 38.9 Å². The van der Waals surface area contributed by atoms with E-state index in [1.165, 1.54) is 4.70 Å². The number of thiophene rings is 1. The second-order valence-electron chi connectivity index (χ2n) is 4.40. The lowest BCUT2D eigenvalue weighted by molar-refractivity contribution is -0.124. The number of nitrogens with one attached hydrogen (secondary N) is 3. The zero-order chi connectivity index (χ0) is 13.2. The highest BCUT2D eigenvalue weighted by atomic mass is 32.1. The maximum Gasteiger partial charge on any atom is 0.243 e.